The largest absolute Gasteiger partial charge is 0.497 e. The second-order valence-electron chi connectivity index (χ2n) is 8.79. The maximum absolute atomic E-state index is 13.0. The van der Waals surface area contributed by atoms with Crippen LogP contribution in [-0.4, -0.2) is 23.1 Å². The number of para-hydroxylation sites is 2. The van der Waals surface area contributed by atoms with Gasteiger partial charge >= 0.3 is 0 Å². The minimum atomic E-state index is -0.0444. The number of hydrogen-bond acceptors (Lipinski definition) is 4. The highest BCUT2D eigenvalue weighted by Crippen LogP contribution is 2.19. The van der Waals surface area contributed by atoms with Crippen molar-refractivity contribution in [3.05, 3.63) is 111 Å². The molecule has 0 saturated carbocycles. The summed E-state index contributed by atoms with van der Waals surface area (Å²) in [6.45, 7) is 6.80. The monoisotopic (exact) mass is 498 g/mol. The van der Waals surface area contributed by atoms with Crippen molar-refractivity contribution >= 4 is 17.6 Å². The maximum Gasteiger partial charge on any atom is 0.275 e. The molecule has 0 radical (unpaired) electrons. The summed E-state index contributed by atoms with van der Waals surface area (Å²) < 4.78 is 6.85. The van der Waals surface area contributed by atoms with Crippen molar-refractivity contribution in [2.24, 2.45) is 4.99 Å². The number of nitrogens with two attached hydrogens (primary N) is 1. The van der Waals surface area contributed by atoms with Gasteiger partial charge in [-0.05, 0) is 60.2 Å². The van der Waals surface area contributed by atoms with E-state index in [1.807, 2.05) is 60.7 Å². The highest BCUT2D eigenvalue weighted by molar-refractivity contribution is 5.83. The summed E-state index contributed by atoms with van der Waals surface area (Å²) in [6, 6.07) is 23.7. The van der Waals surface area contributed by atoms with Crippen LogP contribution in [0.15, 0.2) is 82.6 Å². The molecule has 194 valence electrons. The molecule has 1 heterocycles. The van der Waals surface area contributed by atoms with E-state index in [0.717, 1.165) is 54.1 Å². The Morgan fingerprint density at radius 3 is 2.16 bits per heavy atom. The van der Waals surface area contributed by atoms with E-state index in [1.165, 1.54) is 11.1 Å². The zero-order chi connectivity index (χ0) is 26.6. The van der Waals surface area contributed by atoms with E-state index in [-0.39, 0.29) is 5.56 Å². The number of aromatic amines is 1. The second-order valence-corrected chi connectivity index (χ2v) is 8.79. The molecule has 1 aromatic heterocycles. The van der Waals surface area contributed by atoms with Crippen molar-refractivity contribution in [1.82, 2.24) is 9.78 Å². The van der Waals surface area contributed by atoms with E-state index < -0.39 is 0 Å². The minimum absolute atomic E-state index is 0.0444. The first-order chi connectivity index (χ1) is 18.0. The Balaban J connectivity index is 0.000000356. The lowest BCUT2D eigenvalue weighted by Gasteiger charge is -2.04. The van der Waals surface area contributed by atoms with Gasteiger partial charge in [0.05, 0.1) is 24.9 Å². The standard InChI is InChI=1S/C23H27N3O2.C8H11N/c1-4-8-22-20(15-24-21-10-7-6-9-18(21)5-2)23(27)26(25-22)16-17-11-13-19(28-3)14-12-17;1-2-7-5-3-4-6-8(7)9/h6-7,9-15,25H,4-5,8,16H2,1-3H3;3-6H,2,9H2,1H3. The van der Waals surface area contributed by atoms with E-state index in [2.05, 4.69) is 43.0 Å². The van der Waals surface area contributed by atoms with Crippen molar-refractivity contribution in [1.29, 1.82) is 0 Å². The zero-order valence-corrected chi connectivity index (χ0v) is 22.3. The van der Waals surface area contributed by atoms with Crippen LogP contribution in [0.1, 0.15) is 55.1 Å². The molecule has 37 heavy (non-hydrogen) atoms. The number of anilines is 1. The first-order valence-corrected chi connectivity index (χ1v) is 12.9. The van der Waals surface area contributed by atoms with Gasteiger partial charge in [-0.1, -0.05) is 75.7 Å². The van der Waals surface area contributed by atoms with Gasteiger partial charge in [0.2, 0.25) is 0 Å². The molecule has 3 aromatic carbocycles. The van der Waals surface area contributed by atoms with Crippen molar-refractivity contribution in [3.8, 4) is 5.75 Å². The molecule has 4 rings (SSSR count). The first kappa shape index (κ1) is 27.5. The number of aryl methyl sites for hydroxylation is 3. The number of ether oxygens (including phenoxy) is 1. The number of aromatic nitrogens is 2. The highest BCUT2D eigenvalue weighted by Gasteiger charge is 2.12. The van der Waals surface area contributed by atoms with E-state index in [1.54, 1.807) is 18.0 Å². The predicted octanol–water partition coefficient (Wildman–Crippen LogP) is 6.33. The average Bonchev–Trinajstić information content (AvgIpc) is 3.22. The minimum Gasteiger partial charge on any atom is -0.497 e. The molecule has 0 aliphatic rings. The summed E-state index contributed by atoms with van der Waals surface area (Å²) in [6.07, 6.45) is 5.40. The second kappa shape index (κ2) is 13.9. The summed E-state index contributed by atoms with van der Waals surface area (Å²) in [7, 11) is 1.64. The van der Waals surface area contributed by atoms with Gasteiger partial charge in [0.25, 0.3) is 5.56 Å². The fourth-order valence-electron chi connectivity index (χ4n) is 4.07. The van der Waals surface area contributed by atoms with Crippen LogP contribution in [0.2, 0.25) is 0 Å². The molecule has 4 aromatic rings. The Labute approximate surface area is 219 Å². The molecule has 0 spiro atoms. The van der Waals surface area contributed by atoms with Crippen LogP contribution < -0.4 is 16.0 Å². The topological polar surface area (TPSA) is 85.4 Å². The van der Waals surface area contributed by atoms with Gasteiger partial charge in [0.15, 0.2) is 0 Å². The van der Waals surface area contributed by atoms with Gasteiger partial charge < -0.3 is 10.5 Å². The van der Waals surface area contributed by atoms with Crippen molar-refractivity contribution in [2.45, 2.75) is 53.0 Å². The van der Waals surface area contributed by atoms with E-state index in [9.17, 15) is 4.79 Å². The van der Waals surface area contributed by atoms with Crippen molar-refractivity contribution in [3.63, 3.8) is 0 Å². The molecule has 0 atom stereocenters. The molecule has 3 N–H and O–H groups in total. The number of nitrogen functional groups attached to an aromatic ring is 1. The van der Waals surface area contributed by atoms with E-state index >= 15 is 0 Å². The van der Waals surface area contributed by atoms with Gasteiger partial charge in [-0.3, -0.25) is 14.9 Å². The number of hydrogen-bond donors (Lipinski definition) is 2. The molecular weight excluding hydrogens is 460 g/mol. The number of nitrogens with one attached hydrogen (secondary N) is 1. The number of aliphatic imine (C=N–C) groups is 1. The van der Waals surface area contributed by atoms with Gasteiger partial charge in [-0.15, -0.1) is 0 Å². The number of rotatable bonds is 9. The number of nitrogens with zero attached hydrogens (tertiary/aromatic N) is 2. The normalized spacial score (nSPS) is 10.8. The maximum atomic E-state index is 13.0. The Kier molecular flexibility index (Phi) is 10.3. The van der Waals surface area contributed by atoms with Crippen molar-refractivity contribution in [2.75, 3.05) is 12.8 Å². The van der Waals surface area contributed by atoms with E-state index in [0.29, 0.717) is 12.1 Å². The fraction of sp³-hybridized carbons (Fsp3) is 0.290. The number of methoxy groups -OCH3 is 1. The molecule has 0 amide bonds. The molecule has 0 fully saturated rings. The molecule has 0 bridgehead atoms. The highest BCUT2D eigenvalue weighted by atomic mass is 16.5. The third-order valence-corrected chi connectivity index (χ3v) is 6.21. The summed E-state index contributed by atoms with van der Waals surface area (Å²) >= 11 is 0. The van der Waals surface area contributed by atoms with Gasteiger partial charge in [-0.25, -0.2) is 4.68 Å². The lowest BCUT2D eigenvalue weighted by molar-refractivity contribution is 0.414. The van der Waals surface area contributed by atoms with Gasteiger partial charge in [0.1, 0.15) is 5.75 Å². The predicted molar refractivity (Wildman–Crippen MR) is 154 cm³/mol. The molecule has 0 unspecified atom stereocenters. The Morgan fingerprint density at radius 2 is 1.57 bits per heavy atom. The number of benzene rings is 3. The summed E-state index contributed by atoms with van der Waals surface area (Å²) in [4.78, 5) is 17.6. The van der Waals surface area contributed by atoms with Crippen LogP contribution in [-0.2, 0) is 25.8 Å². The Hall–Kier alpha value is -4.06. The quantitative estimate of drug-likeness (QED) is 0.209. The average molecular weight is 499 g/mol. The molecule has 6 heteroatoms. The molecule has 0 aliphatic heterocycles. The lowest BCUT2D eigenvalue weighted by atomic mass is 10.1. The summed E-state index contributed by atoms with van der Waals surface area (Å²) in [5.41, 5.74) is 12.4. The molecule has 6 nitrogen and oxygen atoms in total. The Morgan fingerprint density at radius 1 is 0.919 bits per heavy atom. The van der Waals surface area contributed by atoms with Crippen LogP contribution in [0.25, 0.3) is 0 Å². The first-order valence-electron chi connectivity index (χ1n) is 12.9. The summed E-state index contributed by atoms with van der Waals surface area (Å²) in [5, 5.41) is 3.27. The van der Waals surface area contributed by atoms with E-state index in [4.69, 9.17) is 10.5 Å². The summed E-state index contributed by atoms with van der Waals surface area (Å²) in [5.74, 6) is 0.802. The van der Waals surface area contributed by atoms with Gasteiger partial charge in [0, 0.05) is 17.6 Å². The smallest absolute Gasteiger partial charge is 0.275 e. The fourth-order valence-corrected chi connectivity index (χ4v) is 4.07. The number of H-pyrrole nitrogens is 1. The van der Waals surface area contributed by atoms with Gasteiger partial charge in [-0.2, -0.15) is 0 Å². The molecular formula is C31H38N4O2. The van der Waals surface area contributed by atoms with Crippen LogP contribution in [0.4, 0.5) is 11.4 Å². The Bertz CT molecular complexity index is 1350. The van der Waals surface area contributed by atoms with Crippen molar-refractivity contribution < 1.29 is 4.74 Å². The third-order valence-electron chi connectivity index (χ3n) is 6.21. The molecule has 0 aliphatic carbocycles. The lowest BCUT2D eigenvalue weighted by Crippen LogP contribution is -2.19. The third kappa shape index (κ3) is 7.46. The zero-order valence-electron chi connectivity index (χ0n) is 22.3. The van der Waals surface area contributed by atoms with Crippen LogP contribution in [0.5, 0.6) is 5.75 Å². The van der Waals surface area contributed by atoms with Crippen LogP contribution in [0, 0.1) is 0 Å². The van der Waals surface area contributed by atoms with Crippen LogP contribution in [0.3, 0.4) is 0 Å². The SMILES string of the molecule is CCCc1[nH]n(Cc2ccc(OC)cc2)c(=O)c1C=Nc1ccccc1CC.CCc1ccccc1N. The van der Waals surface area contributed by atoms with Crippen LogP contribution >= 0.6 is 0 Å². The molecule has 0 saturated heterocycles.